The number of fused-ring (bicyclic) bond motifs is 1. The first-order valence-electron chi connectivity index (χ1n) is 7.85. The van der Waals surface area contributed by atoms with Gasteiger partial charge in [-0.15, -0.1) is 0 Å². The van der Waals surface area contributed by atoms with Crippen LogP contribution >= 0.6 is 0 Å². The van der Waals surface area contributed by atoms with E-state index in [4.69, 9.17) is 0 Å². The molecule has 3 aromatic rings. The Labute approximate surface area is 133 Å². The number of rotatable bonds is 4. The summed E-state index contributed by atoms with van der Waals surface area (Å²) in [6.45, 7) is 4.75. The largest absolute Gasteiger partial charge is 0.317 e. The van der Waals surface area contributed by atoms with Crippen LogP contribution in [-0.2, 0) is 6.54 Å². The highest BCUT2D eigenvalue weighted by molar-refractivity contribution is 6.05. The zero-order chi connectivity index (χ0) is 16.0. The Morgan fingerprint density at radius 1 is 1.43 bits per heavy atom. The molecule has 3 aromatic heterocycles. The summed E-state index contributed by atoms with van der Waals surface area (Å²) in [6.07, 6.45) is 5.67. The third kappa shape index (κ3) is 2.38. The van der Waals surface area contributed by atoms with Crippen LogP contribution in [0.5, 0.6) is 0 Å². The van der Waals surface area contributed by atoms with Gasteiger partial charge in [0.25, 0.3) is 5.91 Å². The molecule has 0 unspecified atom stereocenters. The van der Waals surface area contributed by atoms with Crippen molar-refractivity contribution in [3.63, 3.8) is 0 Å². The van der Waals surface area contributed by atoms with E-state index < -0.39 is 0 Å². The number of nitrogens with one attached hydrogen (secondary N) is 1. The topological polar surface area (TPSA) is 77.1 Å². The predicted molar refractivity (Wildman–Crippen MR) is 85.6 cm³/mol. The first-order valence-corrected chi connectivity index (χ1v) is 7.85. The van der Waals surface area contributed by atoms with Crippen molar-refractivity contribution < 1.29 is 4.79 Å². The maximum Gasteiger partial charge on any atom is 0.276 e. The molecule has 0 saturated heterocycles. The van der Waals surface area contributed by atoms with Crippen molar-refractivity contribution in [2.24, 2.45) is 0 Å². The minimum Gasteiger partial charge on any atom is -0.317 e. The molecule has 1 amide bonds. The molecule has 0 aromatic carbocycles. The third-order valence-electron chi connectivity index (χ3n) is 4.23. The lowest BCUT2D eigenvalue weighted by Crippen LogP contribution is -2.15. The molecule has 0 atom stereocenters. The second-order valence-electron chi connectivity index (χ2n) is 5.90. The normalized spacial score (nSPS) is 14.3. The lowest BCUT2D eigenvalue weighted by molar-refractivity contribution is 0.102. The highest BCUT2D eigenvalue weighted by atomic mass is 16.2. The minimum absolute atomic E-state index is 0.210. The van der Waals surface area contributed by atoms with Crippen LogP contribution in [0.3, 0.4) is 0 Å². The van der Waals surface area contributed by atoms with E-state index in [2.05, 4.69) is 20.5 Å². The van der Waals surface area contributed by atoms with Gasteiger partial charge >= 0.3 is 0 Å². The molecule has 118 valence electrons. The maximum atomic E-state index is 12.6. The summed E-state index contributed by atoms with van der Waals surface area (Å²) in [5, 5.41) is 11.5. The minimum atomic E-state index is -0.210. The first kappa shape index (κ1) is 13.9. The van der Waals surface area contributed by atoms with E-state index in [1.54, 1.807) is 4.52 Å². The summed E-state index contributed by atoms with van der Waals surface area (Å²) in [7, 11) is 0. The number of anilines is 1. The fraction of sp³-hybridized carbons (Fsp3) is 0.375. The Bertz CT molecular complexity index is 889. The van der Waals surface area contributed by atoms with Gasteiger partial charge in [-0.3, -0.25) is 9.48 Å². The number of aromatic nitrogens is 5. The van der Waals surface area contributed by atoms with Crippen LogP contribution in [0, 0.1) is 6.92 Å². The summed E-state index contributed by atoms with van der Waals surface area (Å²) in [5.41, 5.74) is 3.87. The van der Waals surface area contributed by atoms with Crippen LogP contribution in [0.15, 0.2) is 24.7 Å². The molecule has 0 radical (unpaired) electrons. The van der Waals surface area contributed by atoms with Crippen molar-refractivity contribution in [1.82, 2.24) is 24.4 Å². The number of pyridine rings is 1. The van der Waals surface area contributed by atoms with E-state index in [1.807, 2.05) is 36.9 Å². The van der Waals surface area contributed by atoms with E-state index in [9.17, 15) is 4.79 Å². The van der Waals surface area contributed by atoms with E-state index in [0.717, 1.165) is 17.8 Å². The maximum absolute atomic E-state index is 12.6. The number of hydrogen-bond acceptors (Lipinski definition) is 4. The summed E-state index contributed by atoms with van der Waals surface area (Å²) in [4.78, 5) is 16.8. The fourth-order valence-electron chi connectivity index (χ4n) is 2.82. The van der Waals surface area contributed by atoms with E-state index in [-0.39, 0.29) is 5.91 Å². The molecule has 0 bridgehead atoms. The number of amides is 1. The van der Waals surface area contributed by atoms with Crippen LogP contribution in [0.1, 0.15) is 47.4 Å². The fourth-order valence-corrected chi connectivity index (χ4v) is 2.82. The zero-order valence-corrected chi connectivity index (χ0v) is 13.2. The van der Waals surface area contributed by atoms with E-state index in [1.165, 1.54) is 19.2 Å². The van der Waals surface area contributed by atoms with Gasteiger partial charge in [0.1, 0.15) is 6.33 Å². The highest BCUT2D eigenvalue weighted by Crippen LogP contribution is 2.40. The van der Waals surface area contributed by atoms with Crippen LogP contribution in [0.25, 0.3) is 5.65 Å². The molecule has 4 rings (SSSR count). The molecule has 1 aliphatic carbocycles. The summed E-state index contributed by atoms with van der Waals surface area (Å²) >= 11 is 0. The lowest BCUT2D eigenvalue weighted by atomic mass is 10.2. The van der Waals surface area contributed by atoms with Gasteiger partial charge in [0.05, 0.1) is 5.69 Å². The summed E-state index contributed by atoms with van der Waals surface area (Å²) in [6, 6.07) is 3.81. The average molecular weight is 310 g/mol. The molecular formula is C16H18N6O. The number of nitrogens with zero attached hydrogens (tertiary/aromatic N) is 5. The van der Waals surface area contributed by atoms with Crippen LogP contribution < -0.4 is 5.32 Å². The summed E-state index contributed by atoms with van der Waals surface area (Å²) < 4.78 is 3.57. The molecule has 3 heterocycles. The zero-order valence-electron chi connectivity index (χ0n) is 13.2. The SMILES string of the molecule is CCn1nc(C(=O)Nc2c(C)ccn3ncnc23)cc1C1CC1. The average Bonchev–Trinajstić information content (AvgIpc) is 3.12. The van der Waals surface area contributed by atoms with Crippen molar-refractivity contribution in [2.75, 3.05) is 5.32 Å². The molecule has 1 fully saturated rings. The van der Waals surface area contributed by atoms with Crippen LogP contribution in [0.2, 0.25) is 0 Å². The van der Waals surface area contributed by atoms with Gasteiger partial charge < -0.3 is 5.32 Å². The first-order chi connectivity index (χ1) is 11.2. The molecule has 1 N–H and O–H groups in total. The second-order valence-corrected chi connectivity index (χ2v) is 5.90. The molecular weight excluding hydrogens is 292 g/mol. The molecule has 7 nitrogen and oxygen atoms in total. The molecule has 1 aliphatic rings. The van der Waals surface area contributed by atoms with Gasteiger partial charge in [0.15, 0.2) is 11.3 Å². The van der Waals surface area contributed by atoms with Gasteiger partial charge in [-0.2, -0.15) is 10.2 Å². The number of aryl methyl sites for hydroxylation is 2. The van der Waals surface area contributed by atoms with Crippen molar-refractivity contribution >= 4 is 17.2 Å². The Balaban J connectivity index is 1.67. The predicted octanol–water partition coefficient (Wildman–Crippen LogP) is 2.38. The van der Waals surface area contributed by atoms with Crippen molar-refractivity contribution in [1.29, 1.82) is 0 Å². The highest BCUT2D eigenvalue weighted by Gasteiger charge is 2.29. The Morgan fingerprint density at radius 3 is 3.00 bits per heavy atom. The van der Waals surface area contributed by atoms with E-state index >= 15 is 0 Å². The van der Waals surface area contributed by atoms with Gasteiger partial charge in [-0.05, 0) is 44.4 Å². The quantitative estimate of drug-likeness (QED) is 0.802. The number of hydrogen-bond donors (Lipinski definition) is 1. The number of carbonyl (C=O) groups excluding carboxylic acids is 1. The van der Waals surface area contributed by atoms with Gasteiger partial charge in [0.2, 0.25) is 0 Å². The standard InChI is InChI=1S/C16H18N6O/c1-3-21-13(11-4-5-11)8-12(20-21)16(23)19-14-10(2)6-7-22-15(14)17-9-18-22/h6-9,11H,3-5H2,1-2H3,(H,19,23). The van der Waals surface area contributed by atoms with E-state index in [0.29, 0.717) is 22.9 Å². The monoisotopic (exact) mass is 310 g/mol. The second kappa shape index (κ2) is 5.19. The van der Waals surface area contributed by atoms with Crippen LogP contribution in [-0.4, -0.2) is 30.3 Å². The molecule has 0 aliphatic heterocycles. The Hall–Kier alpha value is -2.70. The molecule has 7 heteroatoms. The Kier molecular flexibility index (Phi) is 3.14. The summed E-state index contributed by atoms with van der Waals surface area (Å²) in [5.74, 6) is 0.351. The molecule has 23 heavy (non-hydrogen) atoms. The molecule has 0 spiro atoms. The van der Waals surface area contributed by atoms with Gasteiger partial charge in [0, 0.05) is 24.4 Å². The number of carbonyl (C=O) groups is 1. The van der Waals surface area contributed by atoms with Crippen molar-refractivity contribution in [3.05, 3.63) is 41.6 Å². The van der Waals surface area contributed by atoms with Crippen molar-refractivity contribution in [2.45, 2.75) is 39.2 Å². The van der Waals surface area contributed by atoms with Crippen molar-refractivity contribution in [3.8, 4) is 0 Å². The van der Waals surface area contributed by atoms with Crippen LogP contribution in [0.4, 0.5) is 5.69 Å². The van der Waals surface area contributed by atoms with Gasteiger partial charge in [-0.1, -0.05) is 0 Å². The van der Waals surface area contributed by atoms with Gasteiger partial charge in [-0.25, -0.2) is 9.50 Å². The smallest absolute Gasteiger partial charge is 0.276 e. The lowest BCUT2D eigenvalue weighted by Gasteiger charge is -2.07. The third-order valence-corrected chi connectivity index (χ3v) is 4.23. The molecule has 1 saturated carbocycles. The Morgan fingerprint density at radius 2 is 2.26 bits per heavy atom.